The molecule has 10 heteroatoms. The largest absolute Gasteiger partial charge is 0.370 e. The van der Waals surface area contributed by atoms with E-state index in [1.807, 2.05) is 27.7 Å². The Morgan fingerprint density at radius 2 is 1.40 bits per heavy atom. The molecule has 0 fully saturated rings. The van der Waals surface area contributed by atoms with Crippen molar-refractivity contribution in [3.8, 4) is 0 Å². The summed E-state index contributed by atoms with van der Waals surface area (Å²) in [5.41, 5.74) is 10.5. The van der Waals surface area contributed by atoms with E-state index >= 15 is 0 Å². The highest BCUT2D eigenvalue weighted by atomic mass is 16.2. The highest BCUT2D eigenvalue weighted by molar-refractivity contribution is 5.92. The number of carbonyl (C=O) groups excluding carboxylic acids is 4. The lowest BCUT2D eigenvalue weighted by Gasteiger charge is -2.25. The second kappa shape index (κ2) is 14.4. The van der Waals surface area contributed by atoms with Crippen molar-refractivity contribution < 1.29 is 19.2 Å². The zero-order valence-corrected chi connectivity index (χ0v) is 18.7. The average molecular weight is 427 g/mol. The van der Waals surface area contributed by atoms with Gasteiger partial charge in [-0.2, -0.15) is 0 Å². The van der Waals surface area contributed by atoms with Crippen molar-refractivity contribution in [2.24, 2.45) is 28.3 Å². The Bertz CT molecular complexity index is 602. The SMILES string of the molecule is CC(=O)N[C@H](CC(C)C)C(=O)N[C@H](CC(C)C)C(=O)N[C@@H](C=O)CCCN=C(N)N. The van der Waals surface area contributed by atoms with E-state index in [0.29, 0.717) is 38.5 Å². The third-order valence-electron chi connectivity index (χ3n) is 4.20. The molecule has 0 heterocycles. The molecule has 0 aliphatic heterocycles. The van der Waals surface area contributed by atoms with E-state index in [4.69, 9.17) is 11.5 Å². The van der Waals surface area contributed by atoms with Gasteiger partial charge in [0, 0.05) is 13.5 Å². The molecule has 0 aliphatic carbocycles. The third kappa shape index (κ3) is 12.7. The lowest BCUT2D eigenvalue weighted by molar-refractivity contribution is -0.133. The minimum absolute atomic E-state index is 0.0310. The summed E-state index contributed by atoms with van der Waals surface area (Å²) in [5.74, 6) is -0.909. The van der Waals surface area contributed by atoms with Crippen LogP contribution < -0.4 is 27.4 Å². The van der Waals surface area contributed by atoms with Gasteiger partial charge in [0.05, 0.1) is 6.04 Å². The van der Waals surface area contributed by atoms with E-state index < -0.39 is 29.9 Å². The fourth-order valence-electron chi connectivity index (χ4n) is 2.90. The quantitative estimate of drug-likeness (QED) is 0.112. The Balaban J connectivity index is 5.10. The molecule has 10 nitrogen and oxygen atoms in total. The topological polar surface area (TPSA) is 169 Å². The van der Waals surface area contributed by atoms with Gasteiger partial charge in [-0.05, 0) is 37.5 Å². The smallest absolute Gasteiger partial charge is 0.243 e. The van der Waals surface area contributed by atoms with Crippen LogP contribution in [0.3, 0.4) is 0 Å². The first-order chi connectivity index (χ1) is 14.0. The van der Waals surface area contributed by atoms with Gasteiger partial charge in [0.1, 0.15) is 18.4 Å². The molecule has 0 unspecified atom stereocenters. The van der Waals surface area contributed by atoms with Crippen molar-refractivity contribution >= 4 is 30.0 Å². The van der Waals surface area contributed by atoms with Gasteiger partial charge in [0.15, 0.2) is 5.96 Å². The summed E-state index contributed by atoms with van der Waals surface area (Å²) in [4.78, 5) is 52.1. The van der Waals surface area contributed by atoms with Crippen LogP contribution in [0.25, 0.3) is 0 Å². The molecule has 0 radical (unpaired) electrons. The molecule has 0 saturated carbocycles. The minimum atomic E-state index is -0.818. The van der Waals surface area contributed by atoms with Crippen LogP contribution in [0.4, 0.5) is 0 Å². The van der Waals surface area contributed by atoms with E-state index in [2.05, 4.69) is 20.9 Å². The number of aliphatic imine (C=N–C) groups is 1. The van der Waals surface area contributed by atoms with Gasteiger partial charge in [-0.25, -0.2) is 0 Å². The van der Waals surface area contributed by atoms with E-state index in [-0.39, 0.29) is 23.7 Å². The first-order valence-corrected chi connectivity index (χ1v) is 10.3. The number of hydrogen-bond donors (Lipinski definition) is 5. The van der Waals surface area contributed by atoms with Crippen LogP contribution in [0, 0.1) is 11.8 Å². The van der Waals surface area contributed by atoms with Gasteiger partial charge < -0.3 is 32.2 Å². The van der Waals surface area contributed by atoms with Gasteiger partial charge in [-0.3, -0.25) is 19.4 Å². The number of rotatable bonds is 14. The van der Waals surface area contributed by atoms with Gasteiger partial charge >= 0.3 is 0 Å². The van der Waals surface area contributed by atoms with Crippen LogP contribution >= 0.6 is 0 Å². The fraction of sp³-hybridized carbons (Fsp3) is 0.750. The van der Waals surface area contributed by atoms with E-state index in [0.717, 1.165) is 0 Å². The van der Waals surface area contributed by atoms with Crippen LogP contribution in [0.15, 0.2) is 4.99 Å². The summed E-state index contributed by atoms with van der Waals surface area (Å²) in [6, 6.07) is -2.26. The van der Waals surface area contributed by atoms with Gasteiger partial charge in [0.25, 0.3) is 0 Å². The molecule has 172 valence electrons. The maximum Gasteiger partial charge on any atom is 0.243 e. The Labute approximate surface area is 179 Å². The Hall–Kier alpha value is -2.65. The molecule has 3 amide bonds. The molecule has 0 aromatic heterocycles. The number of nitrogens with one attached hydrogen (secondary N) is 3. The zero-order valence-electron chi connectivity index (χ0n) is 18.7. The number of guanidine groups is 1. The summed E-state index contributed by atoms with van der Waals surface area (Å²) < 4.78 is 0. The van der Waals surface area contributed by atoms with Crippen LogP contribution in [-0.2, 0) is 19.2 Å². The lowest BCUT2D eigenvalue weighted by atomic mass is 9.99. The molecule has 0 bridgehead atoms. The van der Waals surface area contributed by atoms with Crippen molar-refractivity contribution in [1.82, 2.24) is 16.0 Å². The number of aldehydes is 1. The summed E-state index contributed by atoms with van der Waals surface area (Å²) in [6.07, 6.45) is 2.38. The molecule has 0 aliphatic rings. The number of amides is 3. The molecule has 3 atom stereocenters. The summed E-state index contributed by atoms with van der Waals surface area (Å²) in [6.45, 7) is 9.43. The monoisotopic (exact) mass is 426 g/mol. The molecule has 0 aromatic carbocycles. The first kappa shape index (κ1) is 27.4. The maximum atomic E-state index is 12.8. The first-order valence-electron chi connectivity index (χ1n) is 10.3. The summed E-state index contributed by atoms with van der Waals surface area (Å²) in [5, 5.41) is 8.03. The van der Waals surface area contributed by atoms with Gasteiger partial charge in [0.2, 0.25) is 17.7 Å². The molecule has 7 N–H and O–H groups in total. The predicted molar refractivity (Wildman–Crippen MR) is 116 cm³/mol. The highest BCUT2D eigenvalue weighted by Gasteiger charge is 2.28. The van der Waals surface area contributed by atoms with E-state index in [1.165, 1.54) is 6.92 Å². The van der Waals surface area contributed by atoms with Gasteiger partial charge in [-0.1, -0.05) is 27.7 Å². The average Bonchev–Trinajstić information content (AvgIpc) is 2.61. The molecule has 0 aromatic rings. The Morgan fingerprint density at radius 3 is 1.83 bits per heavy atom. The molecule has 0 saturated heterocycles. The minimum Gasteiger partial charge on any atom is -0.370 e. The van der Waals surface area contributed by atoms with Crippen LogP contribution in [0.5, 0.6) is 0 Å². The molecule has 30 heavy (non-hydrogen) atoms. The zero-order chi connectivity index (χ0) is 23.3. The van der Waals surface area contributed by atoms with Crippen molar-refractivity contribution in [2.45, 2.75) is 78.4 Å². The Morgan fingerprint density at radius 1 is 0.900 bits per heavy atom. The third-order valence-corrected chi connectivity index (χ3v) is 4.20. The van der Waals surface area contributed by atoms with Crippen molar-refractivity contribution in [3.63, 3.8) is 0 Å². The summed E-state index contributed by atoms with van der Waals surface area (Å²) in [7, 11) is 0. The second-order valence-electron chi connectivity index (χ2n) is 8.27. The second-order valence-corrected chi connectivity index (χ2v) is 8.27. The van der Waals surface area contributed by atoms with E-state index in [9.17, 15) is 19.2 Å². The molecular formula is C20H38N6O4. The van der Waals surface area contributed by atoms with Crippen molar-refractivity contribution in [3.05, 3.63) is 0 Å². The lowest BCUT2D eigenvalue weighted by Crippen LogP contribution is -2.55. The number of hydrogen-bond acceptors (Lipinski definition) is 5. The van der Waals surface area contributed by atoms with Crippen LogP contribution in [-0.4, -0.2) is 54.6 Å². The molecule has 0 spiro atoms. The van der Waals surface area contributed by atoms with E-state index in [1.54, 1.807) is 0 Å². The molecular weight excluding hydrogens is 388 g/mol. The number of nitrogens with zero attached hydrogens (tertiary/aromatic N) is 1. The number of carbonyl (C=O) groups is 4. The Kier molecular flexibility index (Phi) is 13.1. The van der Waals surface area contributed by atoms with Crippen molar-refractivity contribution in [2.75, 3.05) is 6.54 Å². The van der Waals surface area contributed by atoms with Crippen LogP contribution in [0.1, 0.15) is 60.3 Å². The fourth-order valence-corrected chi connectivity index (χ4v) is 2.90. The van der Waals surface area contributed by atoms with Crippen LogP contribution in [0.2, 0.25) is 0 Å². The maximum absolute atomic E-state index is 12.8. The standard InChI is InChI=1S/C20H38N6O4/c1-12(2)9-16(24-14(5)28)19(30)26-17(10-13(3)4)18(29)25-15(11-27)7-6-8-23-20(21)22/h11-13,15-17H,6-10H2,1-5H3,(H,24,28)(H,25,29)(H,26,30)(H4,21,22,23)/t15-,16-,17-/m1/s1. The molecule has 0 rings (SSSR count). The normalized spacial score (nSPS) is 13.8. The number of nitrogens with two attached hydrogens (primary N) is 2. The van der Waals surface area contributed by atoms with Crippen molar-refractivity contribution in [1.29, 1.82) is 0 Å². The summed E-state index contributed by atoms with van der Waals surface area (Å²) >= 11 is 0. The predicted octanol–water partition coefficient (Wildman–Crippen LogP) is -0.195. The highest BCUT2D eigenvalue weighted by Crippen LogP contribution is 2.09. The van der Waals surface area contributed by atoms with Gasteiger partial charge in [-0.15, -0.1) is 0 Å².